The number of amidine groups is 1. The Balaban J connectivity index is 0.000000941. The Labute approximate surface area is 169 Å². The molecule has 0 aliphatic rings. The number of aliphatic imine (C=N–C) groups is 1. The first-order chi connectivity index (χ1) is 13.8. The van der Waals surface area contributed by atoms with E-state index < -0.39 is 5.91 Å². The van der Waals surface area contributed by atoms with Crippen molar-refractivity contribution in [1.29, 1.82) is 0 Å². The molecule has 152 valence electrons. The number of hydrogen-bond acceptors (Lipinski definition) is 6. The molecular formula is C20H26N8O. The number of nitrogens with two attached hydrogens (primary N) is 2. The Hall–Kier alpha value is -3.62. The maximum atomic E-state index is 12.1. The molecule has 0 aliphatic heterocycles. The number of amides is 1. The topological polar surface area (TPSA) is 138 Å². The molecule has 1 unspecified atom stereocenters. The van der Waals surface area contributed by atoms with Crippen LogP contribution in [-0.2, 0) is 7.05 Å². The summed E-state index contributed by atoms with van der Waals surface area (Å²) < 4.78 is 1.53. The number of rotatable bonds is 4. The summed E-state index contributed by atoms with van der Waals surface area (Å²) >= 11 is 0. The number of carbonyl (C=O) groups is 1. The average molecular weight is 394 g/mol. The van der Waals surface area contributed by atoms with Crippen LogP contribution in [0, 0.1) is 0 Å². The number of anilines is 1. The highest BCUT2D eigenvalue weighted by molar-refractivity contribution is 6.04. The summed E-state index contributed by atoms with van der Waals surface area (Å²) in [7, 11) is 1.73. The molecule has 0 aromatic carbocycles. The van der Waals surface area contributed by atoms with Gasteiger partial charge in [0.2, 0.25) is 5.95 Å². The lowest BCUT2D eigenvalue weighted by molar-refractivity contribution is 0.100. The lowest BCUT2D eigenvalue weighted by Crippen LogP contribution is -2.21. The van der Waals surface area contributed by atoms with Gasteiger partial charge in [-0.3, -0.25) is 14.5 Å². The Bertz CT molecular complexity index is 961. The summed E-state index contributed by atoms with van der Waals surface area (Å²) in [6.07, 6.45) is 9.20. The van der Waals surface area contributed by atoms with E-state index in [1.165, 1.54) is 17.3 Å². The van der Waals surface area contributed by atoms with Crippen LogP contribution in [0.4, 0.5) is 5.95 Å². The Kier molecular flexibility index (Phi) is 7.53. The fraction of sp³-hybridized carbons (Fsp3) is 0.300. The van der Waals surface area contributed by atoms with E-state index in [9.17, 15) is 4.79 Å². The van der Waals surface area contributed by atoms with Crippen LogP contribution in [0.2, 0.25) is 0 Å². The van der Waals surface area contributed by atoms with Gasteiger partial charge in [-0.2, -0.15) is 10.1 Å². The first kappa shape index (κ1) is 21.7. The third-order valence-electron chi connectivity index (χ3n) is 3.88. The first-order valence-electron chi connectivity index (χ1n) is 9.26. The standard InChI is InChI=1S/C17H18N8O.C3H8/c1-10(15(18)24-16(26)13-8-23-25(2)9-13)11-3-4-14(20-5-11)12-6-21-17(19)22-7-12;1-3-2/h3-10H,1-2H3,(H2,18,24,26)(H2,19,21,22);3H2,1-2H3. The molecule has 0 fully saturated rings. The summed E-state index contributed by atoms with van der Waals surface area (Å²) in [5.74, 6) is -0.267. The summed E-state index contributed by atoms with van der Waals surface area (Å²) in [4.78, 5) is 28.4. The first-order valence-corrected chi connectivity index (χ1v) is 9.26. The van der Waals surface area contributed by atoms with E-state index in [-0.39, 0.29) is 17.7 Å². The van der Waals surface area contributed by atoms with Crippen molar-refractivity contribution in [2.45, 2.75) is 33.1 Å². The maximum Gasteiger partial charge on any atom is 0.281 e. The van der Waals surface area contributed by atoms with Gasteiger partial charge in [0, 0.05) is 43.3 Å². The Morgan fingerprint density at radius 1 is 1.14 bits per heavy atom. The van der Waals surface area contributed by atoms with Crippen LogP contribution in [-0.4, -0.2) is 36.5 Å². The molecule has 0 bridgehead atoms. The molecule has 29 heavy (non-hydrogen) atoms. The van der Waals surface area contributed by atoms with Crippen LogP contribution in [0.1, 0.15) is 49.0 Å². The van der Waals surface area contributed by atoms with Crippen molar-refractivity contribution in [3.63, 3.8) is 0 Å². The highest BCUT2D eigenvalue weighted by atomic mass is 16.1. The molecule has 3 rings (SSSR count). The van der Waals surface area contributed by atoms with Gasteiger partial charge in [0.05, 0.1) is 17.5 Å². The zero-order valence-corrected chi connectivity index (χ0v) is 17.1. The molecule has 3 aromatic rings. The monoisotopic (exact) mass is 394 g/mol. The number of nitrogens with zero attached hydrogens (tertiary/aromatic N) is 6. The van der Waals surface area contributed by atoms with Crippen molar-refractivity contribution in [2.75, 3.05) is 5.73 Å². The van der Waals surface area contributed by atoms with Gasteiger partial charge in [-0.1, -0.05) is 33.3 Å². The highest BCUT2D eigenvalue weighted by Crippen LogP contribution is 2.20. The lowest BCUT2D eigenvalue weighted by Gasteiger charge is -2.11. The van der Waals surface area contributed by atoms with Crippen molar-refractivity contribution < 1.29 is 4.79 Å². The number of aromatic nitrogens is 5. The summed E-state index contributed by atoms with van der Waals surface area (Å²) in [6.45, 7) is 6.11. The largest absolute Gasteiger partial charge is 0.387 e. The average Bonchev–Trinajstić information content (AvgIpc) is 3.15. The second-order valence-corrected chi connectivity index (χ2v) is 6.48. The van der Waals surface area contributed by atoms with Crippen LogP contribution >= 0.6 is 0 Å². The van der Waals surface area contributed by atoms with Gasteiger partial charge in [-0.05, 0) is 11.6 Å². The fourth-order valence-electron chi connectivity index (χ4n) is 2.28. The molecule has 3 aromatic heterocycles. The summed E-state index contributed by atoms with van der Waals surface area (Å²) in [5, 5.41) is 3.95. The molecule has 0 saturated carbocycles. The smallest absolute Gasteiger partial charge is 0.281 e. The zero-order valence-electron chi connectivity index (χ0n) is 17.1. The minimum atomic E-state index is -0.425. The third kappa shape index (κ3) is 5.93. The van der Waals surface area contributed by atoms with Crippen LogP contribution in [0.5, 0.6) is 0 Å². The van der Waals surface area contributed by atoms with E-state index in [0.717, 1.165) is 11.1 Å². The number of aryl methyl sites for hydroxylation is 1. The molecule has 1 amide bonds. The van der Waals surface area contributed by atoms with Gasteiger partial charge in [0.25, 0.3) is 5.91 Å². The number of nitrogen functional groups attached to an aromatic ring is 1. The van der Waals surface area contributed by atoms with E-state index in [4.69, 9.17) is 11.5 Å². The fourth-order valence-corrected chi connectivity index (χ4v) is 2.28. The van der Waals surface area contributed by atoms with Gasteiger partial charge in [-0.25, -0.2) is 9.97 Å². The number of hydrogen-bond donors (Lipinski definition) is 2. The number of pyridine rings is 1. The zero-order chi connectivity index (χ0) is 21.4. The molecular weight excluding hydrogens is 368 g/mol. The molecule has 0 saturated heterocycles. The summed E-state index contributed by atoms with van der Waals surface area (Å²) in [5.41, 5.74) is 14.2. The lowest BCUT2D eigenvalue weighted by atomic mass is 10.0. The molecule has 3 heterocycles. The second-order valence-electron chi connectivity index (χ2n) is 6.48. The molecule has 0 radical (unpaired) electrons. The number of carbonyl (C=O) groups excluding carboxylic acids is 1. The molecule has 1 atom stereocenters. The minimum absolute atomic E-state index is 0.210. The molecule has 0 spiro atoms. The van der Waals surface area contributed by atoms with E-state index in [0.29, 0.717) is 11.3 Å². The van der Waals surface area contributed by atoms with Gasteiger partial charge in [-0.15, -0.1) is 0 Å². The second kappa shape index (κ2) is 10.1. The van der Waals surface area contributed by atoms with E-state index in [2.05, 4.69) is 38.9 Å². The SMILES string of the molecule is CC(C(N)=NC(=O)c1cnn(C)c1)c1ccc(-c2cnc(N)nc2)nc1.CCC. The quantitative estimate of drug-likeness (QED) is 0.512. The summed E-state index contributed by atoms with van der Waals surface area (Å²) in [6, 6.07) is 3.71. The van der Waals surface area contributed by atoms with Crippen LogP contribution < -0.4 is 11.5 Å². The van der Waals surface area contributed by atoms with Gasteiger partial charge >= 0.3 is 0 Å². The minimum Gasteiger partial charge on any atom is -0.387 e. The third-order valence-corrected chi connectivity index (χ3v) is 3.88. The Morgan fingerprint density at radius 3 is 2.31 bits per heavy atom. The maximum absolute atomic E-state index is 12.1. The van der Waals surface area contributed by atoms with Crippen molar-refractivity contribution >= 4 is 17.7 Å². The normalized spacial score (nSPS) is 12.1. The van der Waals surface area contributed by atoms with Gasteiger partial charge in [0.1, 0.15) is 5.84 Å². The van der Waals surface area contributed by atoms with Gasteiger partial charge in [0.15, 0.2) is 0 Å². The van der Waals surface area contributed by atoms with Crippen molar-refractivity contribution in [2.24, 2.45) is 17.8 Å². The van der Waals surface area contributed by atoms with Crippen molar-refractivity contribution in [3.8, 4) is 11.3 Å². The molecule has 4 N–H and O–H groups in total. The van der Waals surface area contributed by atoms with Crippen molar-refractivity contribution in [3.05, 3.63) is 54.2 Å². The van der Waals surface area contributed by atoms with Gasteiger partial charge < -0.3 is 11.5 Å². The molecule has 0 aliphatic carbocycles. The molecule has 9 heteroatoms. The van der Waals surface area contributed by atoms with Crippen LogP contribution in [0.25, 0.3) is 11.3 Å². The molecule has 9 nitrogen and oxygen atoms in total. The van der Waals surface area contributed by atoms with E-state index >= 15 is 0 Å². The van der Waals surface area contributed by atoms with E-state index in [1.807, 2.05) is 19.1 Å². The predicted molar refractivity (Wildman–Crippen MR) is 113 cm³/mol. The predicted octanol–water partition coefficient (Wildman–Crippen LogP) is 2.57. The van der Waals surface area contributed by atoms with Crippen molar-refractivity contribution in [1.82, 2.24) is 24.7 Å². The Morgan fingerprint density at radius 2 is 1.79 bits per heavy atom. The van der Waals surface area contributed by atoms with E-state index in [1.54, 1.807) is 31.8 Å². The van der Waals surface area contributed by atoms with Crippen LogP contribution in [0.3, 0.4) is 0 Å². The highest BCUT2D eigenvalue weighted by Gasteiger charge is 2.14. The van der Waals surface area contributed by atoms with Crippen LogP contribution in [0.15, 0.2) is 48.1 Å².